The van der Waals surface area contributed by atoms with E-state index in [0.29, 0.717) is 6.04 Å². The zero-order valence-corrected chi connectivity index (χ0v) is 11.0. The summed E-state index contributed by atoms with van der Waals surface area (Å²) in [6, 6.07) is 8.81. The van der Waals surface area contributed by atoms with Crippen molar-refractivity contribution < 1.29 is 0 Å². The fourth-order valence-corrected chi connectivity index (χ4v) is 2.01. The summed E-state index contributed by atoms with van der Waals surface area (Å²) in [6.07, 6.45) is 1.00. The molecule has 1 nitrogen and oxygen atoms in total. The van der Waals surface area contributed by atoms with Gasteiger partial charge in [0.2, 0.25) is 0 Å². The molecule has 0 radical (unpaired) electrons. The minimum Gasteiger partial charge on any atom is -0.310 e. The minimum absolute atomic E-state index is 0.379. The number of nitrogens with one attached hydrogen (secondary N) is 1. The Morgan fingerprint density at radius 3 is 2.80 bits per heavy atom. The highest BCUT2D eigenvalue weighted by atomic mass is 79.9. The van der Waals surface area contributed by atoms with Crippen LogP contribution in [0.1, 0.15) is 19.4 Å². The number of benzene rings is 1. The summed E-state index contributed by atoms with van der Waals surface area (Å²) in [7, 11) is 0. The van der Waals surface area contributed by atoms with Crippen LogP contribution in [0.4, 0.5) is 0 Å². The van der Waals surface area contributed by atoms with Crippen molar-refractivity contribution in [3.8, 4) is 0 Å². The zero-order chi connectivity index (χ0) is 11.3. The fraction of sp³-hybridized carbons (Fsp3) is 0.385. The number of hydrogen-bond donors (Lipinski definition) is 1. The van der Waals surface area contributed by atoms with E-state index in [4.69, 9.17) is 0 Å². The molecule has 0 heterocycles. The molecule has 0 spiro atoms. The molecule has 0 saturated heterocycles. The summed E-state index contributed by atoms with van der Waals surface area (Å²) >= 11 is 3.49. The Hall–Kier alpha value is -0.600. The van der Waals surface area contributed by atoms with Crippen molar-refractivity contribution in [2.75, 3.05) is 6.54 Å². The maximum Gasteiger partial charge on any atom is 0.0314 e. The van der Waals surface area contributed by atoms with Crippen LogP contribution in [0, 0.1) is 0 Å². The Kier molecular flexibility index (Phi) is 5.06. The molecule has 1 aromatic carbocycles. The number of rotatable bonds is 5. The third-order valence-corrected chi connectivity index (χ3v) is 2.87. The largest absolute Gasteiger partial charge is 0.310 e. The SMILES string of the molecule is C=C(C)C(Cc1cccc(Br)c1)NCC. The number of hydrogen-bond acceptors (Lipinski definition) is 1. The van der Waals surface area contributed by atoms with Gasteiger partial charge in [-0.15, -0.1) is 0 Å². The molecule has 82 valence electrons. The average Bonchev–Trinajstić information content (AvgIpc) is 2.17. The molecule has 0 aliphatic heterocycles. The molecule has 0 saturated carbocycles. The second-order valence-electron chi connectivity index (χ2n) is 3.79. The lowest BCUT2D eigenvalue weighted by molar-refractivity contribution is 0.587. The van der Waals surface area contributed by atoms with Gasteiger partial charge in [-0.25, -0.2) is 0 Å². The molecule has 15 heavy (non-hydrogen) atoms. The normalized spacial score (nSPS) is 12.5. The van der Waals surface area contributed by atoms with E-state index in [0.717, 1.165) is 17.4 Å². The molecule has 0 aliphatic carbocycles. The number of halogens is 1. The van der Waals surface area contributed by atoms with E-state index in [1.807, 2.05) is 6.07 Å². The Balaban J connectivity index is 2.69. The molecule has 0 fully saturated rings. The van der Waals surface area contributed by atoms with Crippen LogP contribution in [-0.2, 0) is 6.42 Å². The maximum absolute atomic E-state index is 4.02. The van der Waals surface area contributed by atoms with Crippen molar-refractivity contribution in [1.82, 2.24) is 5.32 Å². The lowest BCUT2D eigenvalue weighted by Crippen LogP contribution is -2.31. The van der Waals surface area contributed by atoms with E-state index in [2.05, 4.69) is 59.9 Å². The molecule has 1 N–H and O–H groups in total. The summed E-state index contributed by atoms with van der Waals surface area (Å²) in [4.78, 5) is 0. The van der Waals surface area contributed by atoms with E-state index in [1.165, 1.54) is 11.1 Å². The average molecular weight is 268 g/mol. The van der Waals surface area contributed by atoms with Gasteiger partial charge in [0.15, 0.2) is 0 Å². The smallest absolute Gasteiger partial charge is 0.0314 e. The van der Waals surface area contributed by atoms with Gasteiger partial charge < -0.3 is 5.32 Å². The first-order valence-electron chi connectivity index (χ1n) is 5.26. The molecule has 1 unspecified atom stereocenters. The van der Waals surface area contributed by atoms with Crippen molar-refractivity contribution in [2.24, 2.45) is 0 Å². The first-order chi connectivity index (χ1) is 7.13. The molecule has 1 atom stereocenters. The molecule has 2 heteroatoms. The van der Waals surface area contributed by atoms with Crippen molar-refractivity contribution in [3.05, 3.63) is 46.5 Å². The van der Waals surface area contributed by atoms with Crippen LogP contribution in [0.25, 0.3) is 0 Å². The van der Waals surface area contributed by atoms with Crippen LogP contribution in [0.15, 0.2) is 40.9 Å². The monoisotopic (exact) mass is 267 g/mol. The van der Waals surface area contributed by atoms with Crippen molar-refractivity contribution in [1.29, 1.82) is 0 Å². The Bertz CT molecular complexity index is 333. The molecular weight excluding hydrogens is 250 g/mol. The van der Waals surface area contributed by atoms with Crippen LogP contribution in [-0.4, -0.2) is 12.6 Å². The van der Waals surface area contributed by atoms with Gasteiger partial charge in [-0.2, -0.15) is 0 Å². The van der Waals surface area contributed by atoms with Crippen molar-refractivity contribution in [2.45, 2.75) is 26.3 Å². The summed E-state index contributed by atoms with van der Waals surface area (Å²) in [5.74, 6) is 0. The standard InChI is InChI=1S/C13H18BrN/c1-4-15-13(10(2)3)9-11-6-5-7-12(14)8-11/h5-8,13,15H,2,4,9H2,1,3H3. The quantitative estimate of drug-likeness (QED) is 0.805. The molecular formula is C13H18BrN. The van der Waals surface area contributed by atoms with E-state index >= 15 is 0 Å². The summed E-state index contributed by atoms with van der Waals surface area (Å²) < 4.78 is 1.14. The molecule has 0 amide bonds. The van der Waals surface area contributed by atoms with Gasteiger partial charge in [0.05, 0.1) is 0 Å². The highest BCUT2D eigenvalue weighted by Gasteiger charge is 2.08. The highest BCUT2D eigenvalue weighted by molar-refractivity contribution is 9.10. The van der Waals surface area contributed by atoms with Gasteiger partial charge in [0.1, 0.15) is 0 Å². The Labute approximate surface area is 101 Å². The Morgan fingerprint density at radius 2 is 2.27 bits per heavy atom. The predicted molar refractivity (Wildman–Crippen MR) is 70.1 cm³/mol. The summed E-state index contributed by atoms with van der Waals surface area (Å²) in [6.45, 7) is 9.19. The van der Waals surface area contributed by atoms with Gasteiger partial charge in [-0.3, -0.25) is 0 Å². The Morgan fingerprint density at radius 1 is 1.53 bits per heavy atom. The van der Waals surface area contributed by atoms with E-state index in [-0.39, 0.29) is 0 Å². The topological polar surface area (TPSA) is 12.0 Å². The third-order valence-electron chi connectivity index (χ3n) is 2.37. The fourth-order valence-electron chi connectivity index (χ4n) is 1.57. The third kappa shape index (κ3) is 4.18. The number of likely N-dealkylation sites (N-methyl/N-ethyl adjacent to an activating group) is 1. The van der Waals surface area contributed by atoms with E-state index in [9.17, 15) is 0 Å². The lowest BCUT2D eigenvalue weighted by Gasteiger charge is -2.18. The van der Waals surface area contributed by atoms with Crippen LogP contribution >= 0.6 is 15.9 Å². The van der Waals surface area contributed by atoms with Crippen LogP contribution < -0.4 is 5.32 Å². The predicted octanol–water partition coefficient (Wildman–Crippen LogP) is 3.55. The second-order valence-corrected chi connectivity index (χ2v) is 4.71. The van der Waals surface area contributed by atoms with Gasteiger partial charge in [0.25, 0.3) is 0 Å². The first-order valence-corrected chi connectivity index (χ1v) is 6.06. The van der Waals surface area contributed by atoms with E-state index < -0.39 is 0 Å². The molecule has 1 aromatic rings. The minimum atomic E-state index is 0.379. The maximum atomic E-state index is 4.02. The van der Waals surface area contributed by atoms with Gasteiger partial charge in [0, 0.05) is 10.5 Å². The molecule has 0 bridgehead atoms. The van der Waals surface area contributed by atoms with Gasteiger partial charge >= 0.3 is 0 Å². The van der Waals surface area contributed by atoms with Gasteiger partial charge in [-0.05, 0) is 37.6 Å². The molecule has 0 aromatic heterocycles. The zero-order valence-electron chi connectivity index (χ0n) is 9.39. The summed E-state index contributed by atoms with van der Waals surface area (Å²) in [5, 5.41) is 3.44. The molecule has 0 aliphatic rings. The van der Waals surface area contributed by atoms with Crippen molar-refractivity contribution >= 4 is 15.9 Å². The van der Waals surface area contributed by atoms with E-state index in [1.54, 1.807) is 0 Å². The first kappa shape index (κ1) is 12.5. The van der Waals surface area contributed by atoms with Crippen LogP contribution in [0.3, 0.4) is 0 Å². The summed E-state index contributed by atoms with van der Waals surface area (Å²) in [5.41, 5.74) is 2.52. The van der Waals surface area contributed by atoms with Gasteiger partial charge in [-0.1, -0.05) is 47.1 Å². The van der Waals surface area contributed by atoms with Crippen LogP contribution in [0.2, 0.25) is 0 Å². The van der Waals surface area contributed by atoms with Crippen LogP contribution in [0.5, 0.6) is 0 Å². The lowest BCUT2D eigenvalue weighted by atomic mass is 10.0. The highest BCUT2D eigenvalue weighted by Crippen LogP contribution is 2.14. The van der Waals surface area contributed by atoms with Crippen molar-refractivity contribution in [3.63, 3.8) is 0 Å². The second kappa shape index (κ2) is 6.09. The molecule has 1 rings (SSSR count).